The van der Waals surface area contributed by atoms with E-state index >= 15 is 0 Å². The number of amides is 1. The van der Waals surface area contributed by atoms with Crippen molar-refractivity contribution in [1.82, 2.24) is 16.0 Å². The summed E-state index contributed by atoms with van der Waals surface area (Å²) >= 11 is 0. The van der Waals surface area contributed by atoms with E-state index < -0.39 is 0 Å². The van der Waals surface area contributed by atoms with Gasteiger partial charge in [-0.15, -0.1) is 0 Å². The molecule has 2 heterocycles. The summed E-state index contributed by atoms with van der Waals surface area (Å²) in [4.78, 5) is 11.9. The molecule has 0 aliphatic carbocycles. The van der Waals surface area contributed by atoms with Gasteiger partial charge in [-0.05, 0) is 45.3 Å². The molecule has 2 aliphatic rings. The molecule has 0 radical (unpaired) electrons. The maximum atomic E-state index is 11.9. The lowest BCUT2D eigenvalue weighted by Crippen LogP contribution is -2.51. The summed E-state index contributed by atoms with van der Waals surface area (Å²) in [6, 6.07) is 0.455. The minimum absolute atomic E-state index is 0.0636. The van der Waals surface area contributed by atoms with Crippen LogP contribution >= 0.6 is 0 Å². The Kier molecular flexibility index (Phi) is 3.97. The van der Waals surface area contributed by atoms with E-state index in [1.807, 2.05) is 0 Å². The maximum Gasteiger partial charge on any atom is 0.237 e. The third-order valence-corrected chi connectivity index (χ3v) is 3.31. The SMILES string of the molecule is O=C(NC1CCNCC1)C1CCCCN1. The molecule has 1 unspecified atom stereocenters. The van der Waals surface area contributed by atoms with Gasteiger partial charge in [0.1, 0.15) is 0 Å². The molecule has 0 spiro atoms. The zero-order valence-electron chi connectivity index (χ0n) is 9.22. The normalized spacial score (nSPS) is 28.7. The summed E-state index contributed by atoms with van der Waals surface area (Å²) in [7, 11) is 0. The van der Waals surface area contributed by atoms with Crippen molar-refractivity contribution >= 4 is 5.91 Å². The van der Waals surface area contributed by atoms with Crippen LogP contribution in [0.25, 0.3) is 0 Å². The molecular formula is C11H21N3O. The van der Waals surface area contributed by atoms with Crippen LogP contribution in [0.15, 0.2) is 0 Å². The van der Waals surface area contributed by atoms with Crippen LogP contribution in [0, 0.1) is 0 Å². The van der Waals surface area contributed by atoms with E-state index in [9.17, 15) is 4.79 Å². The first-order valence-corrected chi connectivity index (χ1v) is 6.11. The second kappa shape index (κ2) is 5.47. The van der Waals surface area contributed by atoms with Crippen LogP contribution in [0.3, 0.4) is 0 Å². The second-order valence-electron chi connectivity index (χ2n) is 4.54. The molecule has 0 bridgehead atoms. The zero-order valence-corrected chi connectivity index (χ0v) is 9.22. The molecule has 86 valence electrons. The number of hydrogen-bond acceptors (Lipinski definition) is 3. The van der Waals surface area contributed by atoms with Crippen molar-refractivity contribution in [1.29, 1.82) is 0 Å². The largest absolute Gasteiger partial charge is 0.352 e. The summed E-state index contributed by atoms with van der Waals surface area (Å²) in [6.07, 6.45) is 5.52. The Hall–Kier alpha value is -0.610. The molecule has 0 aromatic heterocycles. The zero-order chi connectivity index (χ0) is 10.5. The first-order valence-electron chi connectivity index (χ1n) is 6.11. The van der Waals surface area contributed by atoms with Crippen LogP contribution in [-0.4, -0.2) is 37.6 Å². The van der Waals surface area contributed by atoms with Gasteiger partial charge in [-0.2, -0.15) is 0 Å². The monoisotopic (exact) mass is 211 g/mol. The highest BCUT2D eigenvalue weighted by Crippen LogP contribution is 2.08. The van der Waals surface area contributed by atoms with Crippen LogP contribution in [0.5, 0.6) is 0 Å². The Bertz CT molecular complexity index is 208. The van der Waals surface area contributed by atoms with Crippen molar-refractivity contribution in [3.05, 3.63) is 0 Å². The van der Waals surface area contributed by atoms with Gasteiger partial charge in [0.2, 0.25) is 5.91 Å². The van der Waals surface area contributed by atoms with Gasteiger partial charge < -0.3 is 16.0 Å². The molecule has 0 saturated carbocycles. The number of carbonyl (C=O) groups is 1. The van der Waals surface area contributed by atoms with E-state index in [4.69, 9.17) is 0 Å². The van der Waals surface area contributed by atoms with Gasteiger partial charge >= 0.3 is 0 Å². The van der Waals surface area contributed by atoms with E-state index in [0.29, 0.717) is 6.04 Å². The third-order valence-electron chi connectivity index (χ3n) is 3.31. The lowest BCUT2D eigenvalue weighted by molar-refractivity contribution is -0.124. The summed E-state index contributed by atoms with van der Waals surface area (Å²) < 4.78 is 0. The fourth-order valence-corrected chi connectivity index (χ4v) is 2.34. The van der Waals surface area contributed by atoms with Gasteiger partial charge in [-0.1, -0.05) is 6.42 Å². The maximum absolute atomic E-state index is 11.9. The van der Waals surface area contributed by atoms with E-state index in [1.54, 1.807) is 0 Å². The average Bonchev–Trinajstić information content (AvgIpc) is 2.31. The van der Waals surface area contributed by atoms with Gasteiger partial charge in [0, 0.05) is 6.04 Å². The van der Waals surface area contributed by atoms with E-state index in [2.05, 4.69) is 16.0 Å². The van der Waals surface area contributed by atoms with Crippen molar-refractivity contribution in [3.8, 4) is 0 Å². The number of hydrogen-bond donors (Lipinski definition) is 3. The van der Waals surface area contributed by atoms with Crippen molar-refractivity contribution in [2.24, 2.45) is 0 Å². The fraction of sp³-hybridized carbons (Fsp3) is 0.909. The molecular weight excluding hydrogens is 190 g/mol. The smallest absolute Gasteiger partial charge is 0.237 e. The third kappa shape index (κ3) is 3.18. The molecule has 2 aliphatic heterocycles. The molecule has 1 atom stereocenters. The molecule has 2 rings (SSSR count). The van der Waals surface area contributed by atoms with Gasteiger partial charge in [-0.25, -0.2) is 0 Å². The predicted molar refractivity (Wildman–Crippen MR) is 59.7 cm³/mol. The number of rotatable bonds is 2. The first-order chi connectivity index (χ1) is 7.36. The Morgan fingerprint density at radius 3 is 2.53 bits per heavy atom. The summed E-state index contributed by atoms with van der Waals surface area (Å²) in [5.74, 6) is 0.210. The second-order valence-corrected chi connectivity index (χ2v) is 4.54. The lowest BCUT2D eigenvalue weighted by Gasteiger charge is -2.28. The van der Waals surface area contributed by atoms with Crippen molar-refractivity contribution < 1.29 is 4.79 Å². The predicted octanol–water partition coefficient (Wildman–Crippen LogP) is -0.00330. The molecule has 4 nitrogen and oxygen atoms in total. The number of nitrogens with one attached hydrogen (secondary N) is 3. The number of piperidine rings is 2. The highest BCUT2D eigenvalue weighted by molar-refractivity contribution is 5.82. The van der Waals surface area contributed by atoms with Gasteiger partial charge in [-0.3, -0.25) is 4.79 Å². The van der Waals surface area contributed by atoms with Gasteiger partial charge in [0.25, 0.3) is 0 Å². The van der Waals surface area contributed by atoms with Crippen molar-refractivity contribution in [2.75, 3.05) is 19.6 Å². The quantitative estimate of drug-likeness (QED) is 0.602. The molecule has 15 heavy (non-hydrogen) atoms. The topological polar surface area (TPSA) is 53.2 Å². The van der Waals surface area contributed by atoms with E-state index in [0.717, 1.165) is 38.9 Å². The van der Waals surface area contributed by atoms with Gasteiger partial charge in [0.15, 0.2) is 0 Å². The van der Waals surface area contributed by atoms with E-state index in [1.165, 1.54) is 12.8 Å². The van der Waals surface area contributed by atoms with Crippen LogP contribution < -0.4 is 16.0 Å². The molecule has 4 heteroatoms. The molecule has 2 fully saturated rings. The van der Waals surface area contributed by atoms with Crippen molar-refractivity contribution in [2.45, 2.75) is 44.2 Å². The van der Waals surface area contributed by atoms with Crippen molar-refractivity contribution in [3.63, 3.8) is 0 Å². The Morgan fingerprint density at radius 2 is 1.87 bits per heavy atom. The average molecular weight is 211 g/mol. The molecule has 0 aromatic carbocycles. The van der Waals surface area contributed by atoms with Crippen LogP contribution in [0.4, 0.5) is 0 Å². The van der Waals surface area contributed by atoms with Crippen LogP contribution in [0.2, 0.25) is 0 Å². The minimum atomic E-state index is 0.0636. The Morgan fingerprint density at radius 1 is 1.07 bits per heavy atom. The minimum Gasteiger partial charge on any atom is -0.352 e. The lowest BCUT2D eigenvalue weighted by atomic mass is 10.0. The first kappa shape index (κ1) is 10.9. The van der Waals surface area contributed by atoms with Crippen LogP contribution in [0.1, 0.15) is 32.1 Å². The summed E-state index contributed by atoms with van der Waals surface area (Å²) in [5, 5.41) is 9.73. The summed E-state index contributed by atoms with van der Waals surface area (Å²) in [5.41, 5.74) is 0. The number of carbonyl (C=O) groups excluding carboxylic acids is 1. The fourth-order valence-electron chi connectivity index (χ4n) is 2.34. The van der Waals surface area contributed by atoms with E-state index in [-0.39, 0.29) is 11.9 Å². The van der Waals surface area contributed by atoms with Crippen LogP contribution in [-0.2, 0) is 4.79 Å². The molecule has 0 aromatic rings. The molecule has 2 saturated heterocycles. The highest BCUT2D eigenvalue weighted by atomic mass is 16.2. The molecule has 1 amide bonds. The molecule has 3 N–H and O–H groups in total. The standard InChI is InChI=1S/C11H21N3O/c15-11(10-3-1-2-6-13-10)14-9-4-7-12-8-5-9/h9-10,12-13H,1-8H2,(H,14,15). The van der Waals surface area contributed by atoms with Gasteiger partial charge in [0.05, 0.1) is 6.04 Å². The summed E-state index contributed by atoms with van der Waals surface area (Å²) in [6.45, 7) is 3.05. The Labute approximate surface area is 91.2 Å². The highest BCUT2D eigenvalue weighted by Gasteiger charge is 2.23. The Balaban J connectivity index is 1.74.